The van der Waals surface area contributed by atoms with Gasteiger partial charge in [-0.05, 0) is 85.0 Å². The first-order chi connectivity index (χ1) is 27.2. The maximum absolute atomic E-state index is 10.3. The lowest BCUT2D eigenvalue weighted by atomic mass is 9.85. The zero-order valence-corrected chi connectivity index (χ0v) is 30.3. The summed E-state index contributed by atoms with van der Waals surface area (Å²) in [5.41, 5.74) is 15.6. The van der Waals surface area contributed by atoms with Crippen LogP contribution in [0.2, 0.25) is 0 Å². The summed E-state index contributed by atoms with van der Waals surface area (Å²) >= 11 is 0. The number of benzene rings is 6. The number of allylic oxidation sites excluding steroid dienone is 5. The highest BCUT2D eigenvalue weighted by Gasteiger charge is 2.37. The van der Waals surface area contributed by atoms with Crippen molar-refractivity contribution in [2.75, 3.05) is 4.90 Å². The molecule has 0 saturated carbocycles. The van der Waals surface area contributed by atoms with E-state index >= 15 is 0 Å². The van der Waals surface area contributed by atoms with Crippen LogP contribution in [0, 0.1) is 11.3 Å². The zero-order chi connectivity index (χ0) is 37.0. The predicted molar refractivity (Wildman–Crippen MR) is 230 cm³/mol. The van der Waals surface area contributed by atoms with E-state index in [1.165, 1.54) is 22.4 Å². The van der Waals surface area contributed by atoms with E-state index in [-0.39, 0.29) is 12.1 Å². The van der Waals surface area contributed by atoms with Gasteiger partial charge < -0.3 is 4.90 Å². The van der Waals surface area contributed by atoms with Gasteiger partial charge in [-0.1, -0.05) is 200 Å². The number of rotatable bonds is 8. The second-order valence-corrected chi connectivity index (χ2v) is 14.0. The Kier molecular flexibility index (Phi) is 9.19. The van der Waals surface area contributed by atoms with E-state index in [2.05, 4.69) is 223 Å². The molecule has 6 aromatic rings. The van der Waals surface area contributed by atoms with Crippen molar-refractivity contribution < 1.29 is 0 Å². The molecule has 55 heavy (non-hydrogen) atoms. The van der Waals surface area contributed by atoms with E-state index in [1.807, 2.05) is 6.08 Å². The number of hydrogen-bond donors (Lipinski definition) is 0. The minimum Gasteiger partial charge on any atom is -0.350 e. The van der Waals surface area contributed by atoms with Crippen molar-refractivity contribution in [2.24, 2.45) is 0 Å². The number of nitrogens with zero attached hydrogens (tertiary/aromatic N) is 2. The van der Waals surface area contributed by atoms with Gasteiger partial charge in [0.25, 0.3) is 0 Å². The highest BCUT2D eigenvalue weighted by molar-refractivity contribution is 6.04. The molecule has 0 fully saturated rings. The summed E-state index contributed by atoms with van der Waals surface area (Å²) in [6.07, 6.45) is 19.6. The highest BCUT2D eigenvalue weighted by atomic mass is 15.2. The molecule has 0 saturated heterocycles. The largest absolute Gasteiger partial charge is 0.350 e. The molecule has 0 radical (unpaired) electrons. The Morgan fingerprint density at radius 1 is 0.455 bits per heavy atom. The molecule has 2 aliphatic carbocycles. The van der Waals surface area contributed by atoms with Crippen LogP contribution in [-0.4, -0.2) is 12.1 Å². The second kappa shape index (κ2) is 15.0. The molecular formula is C53H38N2. The maximum Gasteiger partial charge on any atom is 0.0998 e. The van der Waals surface area contributed by atoms with E-state index in [0.29, 0.717) is 5.57 Å². The van der Waals surface area contributed by atoms with E-state index < -0.39 is 0 Å². The number of nitriles is 1. The molecule has 3 aliphatic rings. The zero-order valence-electron chi connectivity index (χ0n) is 30.3. The number of fused-ring (bicyclic) bond motifs is 2. The molecule has 1 heterocycles. The fraction of sp³-hybridized carbons (Fsp3) is 0.0377. The lowest BCUT2D eigenvalue weighted by molar-refractivity contribution is 0.790. The van der Waals surface area contributed by atoms with E-state index in [4.69, 9.17) is 0 Å². The van der Waals surface area contributed by atoms with Crippen LogP contribution in [0.5, 0.6) is 0 Å². The van der Waals surface area contributed by atoms with Crippen LogP contribution in [0.4, 0.5) is 5.69 Å². The minimum absolute atomic E-state index is 0.235. The predicted octanol–water partition coefficient (Wildman–Crippen LogP) is 12.5. The lowest BCUT2D eigenvalue weighted by Crippen LogP contribution is -2.37. The molecule has 2 nitrogen and oxygen atoms in total. The summed E-state index contributed by atoms with van der Waals surface area (Å²) in [6.45, 7) is 0. The quantitative estimate of drug-likeness (QED) is 0.117. The summed E-state index contributed by atoms with van der Waals surface area (Å²) < 4.78 is 0. The Morgan fingerprint density at radius 3 is 1.33 bits per heavy atom. The van der Waals surface area contributed by atoms with Gasteiger partial charge in [0.2, 0.25) is 0 Å². The van der Waals surface area contributed by atoms with Crippen molar-refractivity contribution in [3.63, 3.8) is 0 Å². The molecule has 6 aromatic carbocycles. The third-order valence-corrected chi connectivity index (χ3v) is 10.7. The van der Waals surface area contributed by atoms with Gasteiger partial charge in [-0.15, -0.1) is 0 Å². The Bertz CT molecular complexity index is 2510. The van der Waals surface area contributed by atoms with Crippen molar-refractivity contribution in [3.8, 4) is 17.2 Å². The van der Waals surface area contributed by atoms with Crippen molar-refractivity contribution in [1.82, 2.24) is 0 Å². The van der Waals surface area contributed by atoms with Gasteiger partial charge in [-0.25, -0.2) is 0 Å². The third-order valence-electron chi connectivity index (χ3n) is 10.7. The minimum atomic E-state index is 0.235. The molecule has 0 bridgehead atoms. The average Bonchev–Trinajstić information content (AvgIpc) is 3.60. The van der Waals surface area contributed by atoms with Gasteiger partial charge in [0.15, 0.2) is 0 Å². The SMILES string of the molecule is N#C/C(=C\c1ccc(C(=C(c2ccccc2)c2ccccc2)c2ccccc2)cc1)c1ccc(-c2ccc(N3C4C=CC=CC4=C4C=CC=CC43)cc2)cc1. The van der Waals surface area contributed by atoms with Crippen LogP contribution >= 0.6 is 0 Å². The molecule has 0 spiro atoms. The van der Waals surface area contributed by atoms with Gasteiger partial charge in [-0.2, -0.15) is 5.26 Å². The summed E-state index contributed by atoms with van der Waals surface area (Å²) in [6, 6.07) is 60.5. The lowest BCUT2D eigenvalue weighted by Gasteiger charge is -2.32. The fourth-order valence-corrected chi connectivity index (χ4v) is 8.06. The maximum atomic E-state index is 10.3. The van der Waals surface area contributed by atoms with Gasteiger partial charge in [0.05, 0.1) is 23.7 Å². The van der Waals surface area contributed by atoms with Gasteiger partial charge >= 0.3 is 0 Å². The topological polar surface area (TPSA) is 27.0 Å². The summed E-state index contributed by atoms with van der Waals surface area (Å²) in [5.74, 6) is 0. The fourth-order valence-electron chi connectivity index (χ4n) is 8.06. The highest BCUT2D eigenvalue weighted by Crippen LogP contribution is 2.41. The molecule has 1 aliphatic heterocycles. The van der Waals surface area contributed by atoms with Crippen LogP contribution in [0.15, 0.2) is 224 Å². The number of hydrogen-bond acceptors (Lipinski definition) is 2. The van der Waals surface area contributed by atoms with Crippen LogP contribution < -0.4 is 4.90 Å². The van der Waals surface area contributed by atoms with Crippen LogP contribution in [0.3, 0.4) is 0 Å². The molecule has 260 valence electrons. The average molecular weight is 703 g/mol. The molecular weight excluding hydrogens is 665 g/mol. The van der Waals surface area contributed by atoms with Crippen LogP contribution in [-0.2, 0) is 0 Å². The first-order valence-corrected chi connectivity index (χ1v) is 18.8. The second-order valence-electron chi connectivity index (χ2n) is 14.0. The summed E-state index contributed by atoms with van der Waals surface area (Å²) in [4.78, 5) is 2.50. The smallest absolute Gasteiger partial charge is 0.0998 e. The van der Waals surface area contributed by atoms with Crippen molar-refractivity contribution >= 4 is 28.5 Å². The first-order valence-electron chi connectivity index (χ1n) is 18.8. The normalized spacial score (nSPS) is 16.8. The summed E-state index contributed by atoms with van der Waals surface area (Å²) in [5, 5.41) is 10.3. The van der Waals surface area contributed by atoms with Gasteiger partial charge in [0, 0.05) is 5.69 Å². The Hall–Kier alpha value is -7.21. The third kappa shape index (κ3) is 6.65. The first kappa shape index (κ1) is 33.6. The molecule has 0 aromatic heterocycles. The van der Waals surface area contributed by atoms with Crippen LogP contribution in [0.25, 0.3) is 33.9 Å². The van der Waals surface area contributed by atoms with Crippen LogP contribution in [0.1, 0.15) is 33.4 Å². The molecule has 0 amide bonds. The Balaban J connectivity index is 0.986. The van der Waals surface area contributed by atoms with E-state index in [1.54, 1.807) is 0 Å². The summed E-state index contributed by atoms with van der Waals surface area (Å²) in [7, 11) is 0. The molecule has 2 heteroatoms. The van der Waals surface area contributed by atoms with Crippen molar-refractivity contribution in [2.45, 2.75) is 12.1 Å². The molecule has 0 N–H and O–H groups in total. The van der Waals surface area contributed by atoms with Gasteiger partial charge in [0.1, 0.15) is 0 Å². The van der Waals surface area contributed by atoms with E-state index in [0.717, 1.165) is 50.1 Å². The Labute approximate surface area is 323 Å². The van der Waals surface area contributed by atoms with E-state index in [9.17, 15) is 5.26 Å². The monoisotopic (exact) mass is 702 g/mol. The van der Waals surface area contributed by atoms with Crippen molar-refractivity contribution in [1.29, 1.82) is 5.26 Å². The molecule has 2 unspecified atom stereocenters. The Morgan fingerprint density at radius 2 is 0.873 bits per heavy atom. The van der Waals surface area contributed by atoms with Crippen molar-refractivity contribution in [3.05, 3.63) is 257 Å². The van der Waals surface area contributed by atoms with Gasteiger partial charge in [-0.3, -0.25) is 0 Å². The number of anilines is 1. The standard InChI is InChI=1S/C53H38N2/c54-37-46(41-30-28-39(29-31-41)40-32-34-47(35-33-40)55-50-22-12-10-20-48(50)49-21-11-13-23-51(49)55)36-38-24-26-45(27-25-38)53(44-18-8-3-9-19-44)52(42-14-4-1-5-15-42)43-16-6-2-7-17-43/h1-36,50-51H/b46-36+. The molecule has 9 rings (SSSR count). The molecule has 2 atom stereocenters.